The Balaban J connectivity index is 1.93. The van der Waals surface area contributed by atoms with Crippen molar-refractivity contribution in [1.29, 1.82) is 0 Å². The van der Waals surface area contributed by atoms with E-state index in [-0.39, 0.29) is 0 Å². The van der Waals surface area contributed by atoms with Gasteiger partial charge >= 0.3 is 0 Å². The Hall–Kier alpha value is -1.47. The fraction of sp³-hybridized carbons (Fsp3) is 0.533. The van der Waals surface area contributed by atoms with E-state index in [9.17, 15) is 0 Å². The molecule has 0 fully saturated rings. The van der Waals surface area contributed by atoms with Crippen LogP contribution in [0, 0.1) is 13.8 Å². The van der Waals surface area contributed by atoms with Gasteiger partial charge in [-0.3, -0.25) is 4.99 Å². The predicted octanol–water partition coefficient (Wildman–Crippen LogP) is 2.86. The number of nitrogens with one attached hydrogen (secondary N) is 1. The van der Waals surface area contributed by atoms with Crippen molar-refractivity contribution in [3.05, 3.63) is 32.2 Å². The zero-order valence-corrected chi connectivity index (χ0v) is 15.2. The average Bonchev–Trinajstić information content (AvgIpc) is 3.06. The smallest absolute Gasteiger partial charge is 0.194 e. The van der Waals surface area contributed by atoms with Crippen molar-refractivity contribution in [3.63, 3.8) is 0 Å². The lowest BCUT2D eigenvalue weighted by molar-refractivity contribution is 0.471. The van der Waals surface area contributed by atoms with E-state index >= 15 is 0 Å². The van der Waals surface area contributed by atoms with E-state index < -0.39 is 0 Å². The Bertz CT molecular complexity index is 617. The summed E-state index contributed by atoms with van der Waals surface area (Å²) in [5.74, 6) is 0.917. The maximum atomic E-state index is 4.69. The first-order valence-corrected chi connectivity index (χ1v) is 9.16. The molecule has 1 N–H and O–H groups in total. The molecular formula is C15H23N5S2. The van der Waals surface area contributed by atoms with Gasteiger partial charge in [0.2, 0.25) is 0 Å². The average molecular weight is 338 g/mol. The highest BCUT2D eigenvalue weighted by Crippen LogP contribution is 2.10. The van der Waals surface area contributed by atoms with Crippen LogP contribution in [0.5, 0.6) is 0 Å². The van der Waals surface area contributed by atoms with Crippen LogP contribution < -0.4 is 5.32 Å². The lowest BCUT2D eigenvalue weighted by atomic mass is 10.3. The molecule has 0 aliphatic rings. The standard InChI is InChI=1S/C15H23N5S2/c1-5-16-15(17-7-6-13-9-21-11(2)18-13)20(4)8-14-10-22-12(3)19-14/h9-10H,5-8H2,1-4H3,(H,16,17). The first-order chi connectivity index (χ1) is 10.6. The summed E-state index contributed by atoms with van der Waals surface area (Å²) < 4.78 is 0. The summed E-state index contributed by atoms with van der Waals surface area (Å²) in [6, 6.07) is 0. The molecule has 2 aromatic heterocycles. The maximum Gasteiger partial charge on any atom is 0.194 e. The molecule has 0 radical (unpaired) electrons. The molecule has 2 rings (SSSR count). The van der Waals surface area contributed by atoms with Crippen LogP contribution >= 0.6 is 22.7 Å². The summed E-state index contributed by atoms with van der Waals surface area (Å²) in [5, 5.41) is 9.76. The number of nitrogens with zero attached hydrogens (tertiary/aromatic N) is 4. The van der Waals surface area contributed by atoms with E-state index in [1.165, 1.54) is 0 Å². The van der Waals surface area contributed by atoms with Gasteiger partial charge in [-0.15, -0.1) is 22.7 Å². The third-order valence-electron chi connectivity index (χ3n) is 3.06. The highest BCUT2D eigenvalue weighted by Gasteiger charge is 2.08. The molecule has 5 nitrogen and oxygen atoms in total. The quantitative estimate of drug-likeness (QED) is 0.650. The SMILES string of the molecule is CCNC(=NCCc1csc(C)n1)N(C)Cc1csc(C)n1. The third-order valence-corrected chi connectivity index (χ3v) is 4.70. The number of thiazole rings is 2. The van der Waals surface area contributed by atoms with Gasteiger partial charge in [-0.05, 0) is 20.8 Å². The molecule has 0 aliphatic carbocycles. The van der Waals surface area contributed by atoms with Crippen molar-refractivity contribution in [1.82, 2.24) is 20.2 Å². The summed E-state index contributed by atoms with van der Waals surface area (Å²) >= 11 is 3.37. The molecular weight excluding hydrogens is 314 g/mol. The fourth-order valence-electron chi connectivity index (χ4n) is 2.07. The minimum absolute atomic E-state index is 0.742. The van der Waals surface area contributed by atoms with Gasteiger partial charge in [0.15, 0.2) is 5.96 Å². The second-order valence-electron chi connectivity index (χ2n) is 5.06. The van der Waals surface area contributed by atoms with Crippen molar-refractivity contribution in [3.8, 4) is 0 Å². The number of aromatic nitrogens is 2. The number of guanidine groups is 1. The summed E-state index contributed by atoms with van der Waals surface area (Å²) in [4.78, 5) is 15.8. The Morgan fingerprint density at radius 3 is 2.36 bits per heavy atom. The Morgan fingerprint density at radius 1 is 1.18 bits per heavy atom. The van der Waals surface area contributed by atoms with Gasteiger partial charge in [-0.2, -0.15) is 0 Å². The van der Waals surface area contributed by atoms with Crippen LogP contribution in [-0.4, -0.2) is 41.0 Å². The van der Waals surface area contributed by atoms with Crippen molar-refractivity contribution in [2.45, 2.75) is 33.7 Å². The van der Waals surface area contributed by atoms with Crippen molar-refractivity contribution >= 4 is 28.6 Å². The first kappa shape index (κ1) is 16.9. The predicted molar refractivity (Wildman–Crippen MR) is 94.9 cm³/mol. The van der Waals surface area contributed by atoms with Crippen LogP contribution in [-0.2, 0) is 13.0 Å². The van der Waals surface area contributed by atoms with Crippen LogP contribution in [0.15, 0.2) is 15.8 Å². The Labute approximate surface area is 140 Å². The van der Waals surface area contributed by atoms with Crippen LogP contribution in [0.25, 0.3) is 0 Å². The number of rotatable bonds is 6. The summed E-state index contributed by atoms with van der Waals surface area (Å²) in [6.07, 6.45) is 0.878. The van der Waals surface area contributed by atoms with Crippen LogP contribution in [0.2, 0.25) is 0 Å². The topological polar surface area (TPSA) is 53.4 Å². The van der Waals surface area contributed by atoms with Gasteiger partial charge in [0.25, 0.3) is 0 Å². The maximum absolute atomic E-state index is 4.69. The first-order valence-electron chi connectivity index (χ1n) is 7.40. The number of aryl methyl sites for hydroxylation is 2. The van der Waals surface area contributed by atoms with Crippen molar-refractivity contribution < 1.29 is 0 Å². The molecule has 120 valence electrons. The Morgan fingerprint density at radius 2 is 1.82 bits per heavy atom. The minimum Gasteiger partial charge on any atom is -0.357 e. The lowest BCUT2D eigenvalue weighted by Gasteiger charge is -2.21. The molecule has 0 spiro atoms. The second kappa shape index (κ2) is 8.24. The van der Waals surface area contributed by atoms with E-state index in [0.29, 0.717) is 0 Å². The molecule has 0 aliphatic heterocycles. The largest absolute Gasteiger partial charge is 0.357 e. The molecule has 0 amide bonds. The van der Waals surface area contributed by atoms with Crippen LogP contribution in [0.1, 0.15) is 28.3 Å². The fourth-order valence-corrected chi connectivity index (χ4v) is 3.32. The summed E-state index contributed by atoms with van der Waals surface area (Å²) in [5.41, 5.74) is 2.21. The normalized spacial score (nSPS) is 11.7. The van der Waals surface area contributed by atoms with E-state index in [0.717, 1.165) is 53.4 Å². The molecule has 0 atom stereocenters. The van der Waals surface area contributed by atoms with Gasteiger partial charge in [0, 0.05) is 37.3 Å². The minimum atomic E-state index is 0.742. The number of hydrogen-bond donors (Lipinski definition) is 1. The molecule has 0 saturated carbocycles. The monoisotopic (exact) mass is 337 g/mol. The molecule has 0 bridgehead atoms. The van der Waals surface area contributed by atoms with E-state index in [1.54, 1.807) is 22.7 Å². The van der Waals surface area contributed by atoms with Gasteiger partial charge in [0.1, 0.15) is 0 Å². The second-order valence-corrected chi connectivity index (χ2v) is 7.18. The highest BCUT2D eigenvalue weighted by molar-refractivity contribution is 7.09. The van der Waals surface area contributed by atoms with Gasteiger partial charge < -0.3 is 10.2 Å². The molecule has 0 unspecified atom stereocenters. The lowest BCUT2D eigenvalue weighted by Crippen LogP contribution is -2.38. The molecule has 0 saturated heterocycles. The third kappa shape index (κ3) is 5.06. The summed E-state index contributed by atoms with van der Waals surface area (Å²) in [7, 11) is 2.04. The van der Waals surface area contributed by atoms with Crippen molar-refractivity contribution in [2.75, 3.05) is 20.1 Å². The Kier molecular flexibility index (Phi) is 6.33. The zero-order chi connectivity index (χ0) is 15.9. The molecule has 2 heterocycles. The molecule has 2 aromatic rings. The summed E-state index contributed by atoms with van der Waals surface area (Å²) in [6.45, 7) is 8.52. The molecule has 0 aromatic carbocycles. The van der Waals surface area contributed by atoms with E-state index in [4.69, 9.17) is 4.99 Å². The zero-order valence-electron chi connectivity index (χ0n) is 13.6. The van der Waals surface area contributed by atoms with Crippen LogP contribution in [0.3, 0.4) is 0 Å². The number of hydrogen-bond acceptors (Lipinski definition) is 5. The van der Waals surface area contributed by atoms with Crippen molar-refractivity contribution in [2.24, 2.45) is 4.99 Å². The number of aliphatic imine (C=N–C) groups is 1. The van der Waals surface area contributed by atoms with Crippen LogP contribution in [0.4, 0.5) is 0 Å². The van der Waals surface area contributed by atoms with Gasteiger partial charge in [-0.25, -0.2) is 9.97 Å². The molecule has 7 heteroatoms. The van der Waals surface area contributed by atoms with E-state index in [1.807, 2.05) is 20.9 Å². The van der Waals surface area contributed by atoms with Gasteiger partial charge in [-0.1, -0.05) is 0 Å². The molecule has 22 heavy (non-hydrogen) atoms. The highest BCUT2D eigenvalue weighted by atomic mass is 32.1. The van der Waals surface area contributed by atoms with Gasteiger partial charge in [0.05, 0.1) is 27.9 Å². The van der Waals surface area contributed by atoms with E-state index in [2.05, 4.69) is 37.9 Å².